The molecule has 0 aromatic heterocycles. The lowest BCUT2D eigenvalue weighted by Crippen LogP contribution is -2.45. The molecular formula is C17H29ClN2O3. The Hall–Kier alpha value is -1.14. The van der Waals surface area contributed by atoms with Crippen molar-refractivity contribution in [3.63, 3.8) is 0 Å². The quantitative estimate of drug-likeness (QED) is 0.639. The summed E-state index contributed by atoms with van der Waals surface area (Å²) in [5, 5.41) is 2.80. The van der Waals surface area contributed by atoms with Crippen LogP contribution >= 0.6 is 12.4 Å². The molecule has 3 N–H and O–H groups in total. The molecule has 1 aromatic carbocycles. The van der Waals surface area contributed by atoms with E-state index in [9.17, 15) is 4.79 Å². The first kappa shape index (κ1) is 21.9. The molecule has 0 aliphatic heterocycles. The average Bonchev–Trinajstić information content (AvgIpc) is 2.46. The van der Waals surface area contributed by atoms with Gasteiger partial charge in [0.1, 0.15) is 0 Å². The van der Waals surface area contributed by atoms with Crippen molar-refractivity contribution < 1.29 is 14.3 Å². The molecule has 6 heteroatoms. The van der Waals surface area contributed by atoms with Crippen LogP contribution in [0.5, 0.6) is 0 Å². The Kier molecular flexibility index (Phi) is 10.8. The van der Waals surface area contributed by atoms with Crippen LogP contribution in [0.3, 0.4) is 0 Å². The third-order valence-electron chi connectivity index (χ3n) is 3.05. The van der Waals surface area contributed by atoms with Crippen LogP contribution in [-0.4, -0.2) is 31.3 Å². The van der Waals surface area contributed by atoms with Crippen LogP contribution in [0.4, 0.5) is 5.69 Å². The molecule has 1 aromatic rings. The molecule has 0 saturated heterocycles. The Bertz CT molecular complexity index is 461. The van der Waals surface area contributed by atoms with Gasteiger partial charge >= 0.3 is 0 Å². The highest BCUT2D eigenvalue weighted by Crippen LogP contribution is 2.13. The molecule has 132 valence electrons. The average molecular weight is 345 g/mol. The Balaban J connectivity index is 0.00000484. The van der Waals surface area contributed by atoms with E-state index in [1.165, 1.54) is 0 Å². The lowest BCUT2D eigenvalue weighted by atomic mass is 10.1. The fourth-order valence-electron chi connectivity index (χ4n) is 1.69. The van der Waals surface area contributed by atoms with Gasteiger partial charge in [-0.15, -0.1) is 12.4 Å². The highest BCUT2D eigenvalue weighted by atomic mass is 35.5. The molecule has 0 radical (unpaired) electrons. The summed E-state index contributed by atoms with van der Waals surface area (Å²) in [7, 11) is 0. The summed E-state index contributed by atoms with van der Waals surface area (Å²) in [6, 6.07) is 7.57. The van der Waals surface area contributed by atoms with Gasteiger partial charge in [0.15, 0.2) is 0 Å². The Morgan fingerprint density at radius 2 is 1.91 bits per heavy atom. The first-order valence-electron chi connectivity index (χ1n) is 7.78. The number of rotatable bonds is 10. The second kappa shape index (κ2) is 11.4. The molecule has 0 spiro atoms. The summed E-state index contributed by atoms with van der Waals surface area (Å²) in [4.78, 5) is 11.8. The Morgan fingerprint density at radius 1 is 1.22 bits per heavy atom. The zero-order chi connectivity index (χ0) is 16.4. The molecule has 1 rings (SSSR count). The fraction of sp³-hybridized carbons (Fsp3) is 0.588. The van der Waals surface area contributed by atoms with Crippen LogP contribution in [0.1, 0.15) is 39.2 Å². The predicted molar refractivity (Wildman–Crippen MR) is 96.0 cm³/mol. The molecule has 0 atom stereocenters. The van der Waals surface area contributed by atoms with Crippen LogP contribution in [0.15, 0.2) is 24.3 Å². The summed E-state index contributed by atoms with van der Waals surface area (Å²) in [5.74, 6) is -0.213. The highest BCUT2D eigenvalue weighted by molar-refractivity contribution is 5.97. The van der Waals surface area contributed by atoms with Gasteiger partial charge in [0.25, 0.3) is 0 Å². The molecular weight excluding hydrogens is 316 g/mol. The molecule has 23 heavy (non-hydrogen) atoms. The van der Waals surface area contributed by atoms with Crippen LogP contribution in [0.25, 0.3) is 0 Å². The Morgan fingerprint density at radius 3 is 2.57 bits per heavy atom. The van der Waals surface area contributed by atoms with E-state index in [1.54, 1.807) is 13.8 Å². The van der Waals surface area contributed by atoms with E-state index >= 15 is 0 Å². The molecule has 0 bridgehead atoms. The van der Waals surface area contributed by atoms with Crippen molar-refractivity contribution in [1.29, 1.82) is 0 Å². The van der Waals surface area contributed by atoms with Crippen molar-refractivity contribution in [3.8, 4) is 0 Å². The number of ether oxygens (including phenoxy) is 2. The number of nitrogens with two attached hydrogens (primary N) is 1. The normalized spacial score (nSPS) is 11.0. The first-order chi connectivity index (χ1) is 10.4. The first-order valence-corrected chi connectivity index (χ1v) is 7.78. The number of hydrogen-bond acceptors (Lipinski definition) is 4. The number of carbonyl (C=O) groups is 1. The second-order valence-corrected chi connectivity index (χ2v) is 5.89. The van der Waals surface area contributed by atoms with E-state index in [-0.39, 0.29) is 18.3 Å². The molecule has 0 unspecified atom stereocenters. The maximum absolute atomic E-state index is 11.8. The number of unbranched alkanes of at least 4 members (excludes halogenated alkanes) is 1. The number of amides is 1. The summed E-state index contributed by atoms with van der Waals surface area (Å²) in [6.45, 7) is 7.94. The number of hydrogen-bond donors (Lipinski definition) is 2. The van der Waals surface area contributed by atoms with E-state index in [2.05, 4.69) is 12.2 Å². The molecule has 0 saturated carbocycles. The van der Waals surface area contributed by atoms with E-state index < -0.39 is 5.54 Å². The lowest BCUT2D eigenvalue weighted by molar-refractivity contribution is -0.120. The van der Waals surface area contributed by atoms with Gasteiger partial charge < -0.3 is 20.5 Å². The third kappa shape index (κ3) is 9.56. The van der Waals surface area contributed by atoms with E-state index in [4.69, 9.17) is 15.2 Å². The number of halogens is 1. The fourth-order valence-corrected chi connectivity index (χ4v) is 1.69. The minimum absolute atomic E-state index is 0. The number of benzene rings is 1. The van der Waals surface area contributed by atoms with Gasteiger partial charge in [-0.25, -0.2) is 0 Å². The van der Waals surface area contributed by atoms with Crippen molar-refractivity contribution in [3.05, 3.63) is 29.8 Å². The van der Waals surface area contributed by atoms with Gasteiger partial charge in [-0.05, 0) is 38.0 Å². The second-order valence-electron chi connectivity index (χ2n) is 5.89. The smallest absolute Gasteiger partial charge is 0.243 e. The largest absolute Gasteiger partial charge is 0.379 e. The maximum atomic E-state index is 11.8. The van der Waals surface area contributed by atoms with Gasteiger partial charge in [-0.1, -0.05) is 25.5 Å². The summed E-state index contributed by atoms with van der Waals surface area (Å²) >= 11 is 0. The molecule has 0 heterocycles. The highest BCUT2D eigenvalue weighted by Gasteiger charge is 2.21. The number of carbonyl (C=O) groups excluding carboxylic acids is 1. The topological polar surface area (TPSA) is 73.6 Å². The van der Waals surface area contributed by atoms with Gasteiger partial charge in [0.05, 0.1) is 25.4 Å². The van der Waals surface area contributed by atoms with Gasteiger partial charge in [-0.3, -0.25) is 4.79 Å². The maximum Gasteiger partial charge on any atom is 0.243 e. The van der Waals surface area contributed by atoms with Gasteiger partial charge in [-0.2, -0.15) is 0 Å². The predicted octanol–water partition coefficient (Wildman–Crippen LogP) is 3.12. The number of anilines is 1. The zero-order valence-electron chi connectivity index (χ0n) is 14.3. The third-order valence-corrected chi connectivity index (χ3v) is 3.05. The van der Waals surface area contributed by atoms with Crippen molar-refractivity contribution >= 4 is 24.0 Å². The Labute approximate surface area is 145 Å². The van der Waals surface area contributed by atoms with Crippen molar-refractivity contribution in [2.75, 3.05) is 25.1 Å². The van der Waals surface area contributed by atoms with E-state index in [0.717, 1.165) is 30.7 Å². The molecule has 1 amide bonds. The van der Waals surface area contributed by atoms with Crippen LogP contribution < -0.4 is 11.1 Å². The minimum Gasteiger partial charge on any atom is -0.379 e. The summed E-state index contributed by atoms with van der Waals surface area (Å²) in [6.07, 6.45) is 2.22. The lowest BCUT2D eigenvalue weighted by Gasteiger charge is -2.18. The van der Waals surface area contributed by atoms with Crippen LogP contribution in [-0.2, 0) is 20.9 Å². The zero-order valence-corrected chi connectivity index (χ0v) is 15.1. The molecule has 5 nitrogen and oxygen atoms in total. The monoisotopic (exact) mass is 344 g/mol. The van der Waals surface area contributed by atoms with Gasteiger partial charge in [0.2, 0.25) is 5.91 Å². The molecule has 0 fully saturated rings. The van der Waals surface area contributed by atoms with E-state index in [1.807, 2.05) is 24.3 Å². The molecule has 0 aliphatic rings. The van der Waals surface area contributed by atoms with Crippen molar-refractivity contribution in [2.45, 2.75) is 45.8 Å². The van der Waals surface area contributed by atoms with Crippen LogP contribution in [0.2, 0.25) is 0 Å². The van der Waals surface area contributed by atoms with Crippen LogP contribution in [0, 0.1) is 0 Å². The standard InChI is InChI=1S/C17H28N2O3.ClH/c1-4-5-9-21-10-11-22-13-14-7-6-8-15(12-14)19-16(20)17(2,3)18;/h6-8,12H,4-5,9-11,13,18H2,1-3H3,(H,19,20);1H. The number of nitrogens with one attached hydrogen (secondary N) is 1. The summed E-state index contributed by atoms with van der Waals surface area (Å²) in [5.41, 5.74) is 6.59. The summed E-state index contributed by atoms with van der Waals surface area (Å²) < 4.78 is 11.0. The van der Waals surface area contributed by atoms with E-state index in [0.29, 0.717) is 19.8 Å². The van der Waals surface area contributed by atoms with Crippen molar-refractivity contribution in [2.24, 2.45) is 5.73 Å². The minimum atomic E-state index is -0.900. The SMILES string of the molecule is CCCCOCCOCc1cccc(NC(=O)C(C)(C)N)c1.Cl. The van der Waals surface area contributed by atoms with Gasteiger partial charge in [0, 0.05) is 12.3 Å². The molecule has 0 aliphatic carbocycles. The van der Waals surface area contributed by atoms with Crippen molar-refractivity contribution in [1.82, 2.24) is 0 Å².